The first-order valence-electron chi connectivity index (χ1n) is 9.45. The van der Waals surface area contributed by atoms with Crippen molar-refractivity contribution in [1.82, 2.24) is 9.78 Å². The zero-order valence-corrected chi connectivity index (χ0v) is 17.2. The predicted octanol–water partition coefficient (Wildman–Crippen LogP) is 4.10. The Morgan fingerprint density at radius 2 is 1.68 bits per heavy atom. The highest BCUT2D eigenvalue weighted by Gasteiger charge is 2.19. The second-order valence-corrected chi connectivity index (χ2v) is 8.55. The van der Waals surface area contributed by atoms with Gasteiger partial charge in [-0.3, -0.25) is 9.40 Å². The average molecular weight is 433 g/mol. The number of para-hydroxylation sites is 1. The molecule has 4 rings (SSSR count). The molecule has 0 fully saturated rings. The first-order chi connectivity index (χ1) is 14.9. The minimum absolute atomic E-state index is 0.00698. The van der Waals surface area contributed by atoms with E-state index in [1.165, 1.54) is 30.3 Å². The van der Waals surface area contributed by atoms with Gasteiger partial charge in [-0.1, -0.05) is 54.6 Å². The Labute approximate surface area is 179 Å². The second kappa shape index (κ2) is 8.45. The summed E-state index contributed by atoms with van der Waals surface area (Å²) < 4.78 is 29.9. The van der Waals surface area contributed by atoms with E-state index in [1.807, 2.05) is 42.6 Å². The van der Waals surface area contributed by atoms with Crippen molar-refractivity contribution in [3.8, 4) is 11.3 Å². The maximum Gasteiger partial charge on any atom is 0.337 e. The molecule has 0 unspecified atom stereocenters. The molecule has 0 saturated carbocycles. The smallest absolute Gasteiger partial charge is 0.337 e. The van der Waals surface area contributed by atoms with Gasteiger partial charge in [0.1, 0.15) is 0 Å². The van der Waals surface area contributed by atoms with Crippen molar-refractivity contribution in [1.29, 1.82) is 0 Å². The van der Waals surface area contributed by atoms with E-state index in [0.717, 1.165) is 5.56 Å². The molecule has 0 atom stereocenters. The third kappa shape index (κ3) is 4.65. The van der Waals surface area contributed by atoms with Crippen molar-refractivity contribution < 1.29 is 18.3 Å². The number of hydrogen-bond acceptors (Lipinski definition) is 4. The number of rotatable bonds is 7. The highest BCUT2D eigenvalue weighted by Crippen LogP contribution is 2.24. The van der Waals surface area contributed by atoms with Crippen LogP contribution in [0.1, 0.15) is 15.9 Å². The maximum absolute atomic E-state index is 12.9. The van der Waals surface area contributed by atoms with E-state index in [-0.39, 0.29) is 16.1 Å². The van der Waals surface area contributed by atoms with Crippen molar-refractivity contribution in [2.45, 2.75) is 11.4 Å². The summed E-state index contributed by atoms with van der Waals surface area (Å²) in [4.78, 5) is 11.4. The van der Waals surface area contributed by atoms with Crippen molar-refractivity contribution in [2.24, 2.45) is 0 Å². The molecule has 31 heavy (non-hydrogen) atoms. The number of benzene rings is 3. The van der Waals surface area contributed by atoms with Crippen LogP contribution in [0, 0.1) is 0 Å². The molecule has 156 valence electrons. The number of nitrogens with one attached hydrogen (secondary N) is 1. The van der Waals surface area contributed by atoms with Gasteiger partial charge in [-0.15, -0.1) is 0 Å². The van der Waals surface area contributed by atoms with Gasteiger partial charge in [0, 0.05) is 11.8 Å². The lowest BCUT2D eigenvalue weighted by Gasteiger charge is -2.11. The highest BCUT2D eigenvalue weighted by atomic mass is 32.2. The Morgan fingerprint density at radius 1 is 0.935 bits per heavy atom. The molecule has 0 saturated heterocycles. The monoisotopic (exact) mass is 433 g/mol. The van der Waals surface area contributed by atoms with E-state index in [0.29, 0.717) is 17.8 Å². The molecule has 1 aromatic heterocycles. The molecule has 0 radical (unpaired) electrons. The van der Waals surface area contributed by atoms with Gasteiger partial charge >= 0.3 is 5.97 Å². The van der Waals surface area contributed by atoms with E-state index >= 15 is 0 Å². The Kier molecular flexibility index (Phi) is 5.55. The number of sulfonamides is 1. The average Bonchev–Trinajstić information content (AvgIpc) is 3.23. The minimum atomic E-state index is -3.99. The summed E-state index contributed by atoms with van der Waals surface area (Å²) in [6.07, 6.45) is 1.84. The molecule has 0 bridgehead atoms. The Morgan fingerprint density at radius 3 is 2.45 bits per heavy atom. The number of hydrogen-bond donors (Lipinski definition) is 2. The van der Waals surface area contributed by atoms with Crippen LogP contribution in [-0.4, -0.2) is 29.3 Å². The zero-order chi connectivity index (χ0) is 21.8. The van der Waals surface area contributed by atoms with Gasteiger partial charge in [-0.05, 0) is 35.9 Å². The first kappa shape index (κ1) is 20.4. The Bertz CT molecular complexity index is 1330. The lowest BCUT2D eigenvalue weighted by atomic mass is 10.2. The van der Waals surface area contributed by atoms with Gasteiger partial charge in [0.2, 0.25) is 0 Å². The van der Waals surface area contributed by atoms with E-state index in [9.17, 15) is 18.3 Å². The molecular weight excluding hydrogens is 414 g/mol. The molecule has 2 N–H and O–H groups in total. The highest BCUT2D eigenvalue weighted by molar-refractivity contribution is 7.92. The molecule has 0 aliphatic heterocycles. The fourth-order valence-corrected chi connectivity index (χ4v) is 4.28. The quantitative estimate of drug-likeness (QED) is 0.457. The van der Waals surface area contributed by atoms with Gasteiger partial charge in [0.05, 0.1) is 28.4 Å². The molecular formula is C23H19N3O4S. The van der Waals surface area contributed by atoms with Crippen molar-refractivity contribution in [2.75, 3.05) is 4.72 Å². The molecule has 1 heterocycles. The number of anilines is 1. The van der Waals surface area contributed by atoms with E-state index in [1.54, 1.807) is 22.9 Å². The maximum atomic E-state index is 12.9. The van der Waals surface area contributed by atoms with Crippen LogP contribution in [0.25, 0.3) is 11.3 Å². The Hall–Kier alpha value is -3.91. The van der Waals surface area contributed by atoms with Gasteiger partial charge in [-0.2, -0.15) is 5.10 Å². The topological polar surface area (TPSA) is 101 Å². The lowest BCUT2D eigenvalue weighted by Crippen LogP contribution is -2.15. The van der Waals surface area contributed by atoms with Crippen LogP contribution in [0.3, 0.4) is 0 Å². The summed E-state index contributed by atoms with van der Waals surface area (Å²) in [5, 5.41) is 13.8. The third-order valence-corrected chi connectivity index (χ3v) is 6.03. The SMILES string of the molecule is O=C(O)c1ccccc1NS(=O)(=O)c1cccc(-c2ccn(Cc3ccccc3)n2)c1. The zero-order valence-electron chi connectivity index (χ0n) is 16.3. The third-order valence-electron chi connectivity index (χ3n) is 4.67. The fraction of sp³-hybridized carbons (Fsp3) is 0.0435. The normalized spacial score (nSPS) is 11.2. The number of carbonyl (C=O) groups is 1. The minimum Gasteiger partial charge on any atom is -0.478 e. The molecule has 0 aliphatic carbocycles. The predicted molar refractivity (Wildman–Crippen MR) is 117 cm³/mol. The molecule has 8 heteroatoms. The summed E-state index contributed by atoms with van der Waals surface area (Å²) in [7, 11) is -3.99. The largest absolute Gasteiger partial charge is 0.478 e. The summed E-state index contributed by atoms with van der Waals surface area (Å²) in [6, 6.07) is 24.0. The van der Waals surface area contributed by atoms with E-state index in [2.05, 4.69) is 9.82 Å². The van der Waals surface area contributed by atoms with Gasteiger partial charge in [0.15, 0.2) is 0 Å². The van der Waals surface area contributed by atoms with Crippen molar-refractivity contribution >= 4 is 21.7 Å². The molecule has 0 aliphatic rings. The summed E-state index contributed by atoms with van der Waals surface area (Å²) in [5.74, 6) is -1.21. The molecule has 0 spiro atoms. The van der Waals surface area contributed by atoms with Crippen LogP contribution in [0.2, 0.25) is 0 Å². The summed E-state index contributed by atoms with van der Waals surface area (Å²) in [5.41, 5.74) is 2.27. The summed E-state index contributed by atoms with van der Waals surface area (Å²) in [6.45, 7) is 0.604. The van der Waals surface area contributed by atoms with Gasteiger partial charge < -0.3 is 5.11 Å². The first-order valence-corrected chi connectivity index (χ1v) is 10.9. The lowest BCUT2D eigenvalue weighted by molar-refractivity contribution is 0.0698. The van der Waals surface area contributed by atoms with Gasteiger partial charge in [0.25, 0.3) is 10.0 Å². The van der Waals surface area contributed by atoms with Crippen LogP contribution >= 0.6 is 0 Å². The van der Waals surface area contributed by atoms with Crippen LogP contribution in [0.15, 0.2) is 96.0 Å². The summed E-state index contributed by atoms with van der Waals surface area (Å²) >= 11 is 0. The molecule has 4 aromatic rings. The van der Waals surface area contributed by atoms with Crippen LogP contribution in [0.4, 0.5) is 5.69 Å². The van der Waals surface area contributed by atoms with E-state index in [4.69, 9.17) is 0 Å². The Balaban J connectivity index is 1.59. The number of aromatic nitrogens is 2. The molecule has 0 amide bonds. The number of carboxylic acids is 1. The van der Waals surface area contributed by atoms with Crippen molar-refractivity contribution in [3.63, 3.8) is 0 Å². The molecule has 3 aromatic carbocycles. The van der Waals surface area contributed by atoms with Crippen LogP contribution < -0.4 is 4.72 Å². The standard InChI is InChI=1S/C23H19N3O4S/c27-23(28)20-11-4-5-12-22(20)25-31(29,30)19-10-6-9-18(15-19)21-13-14-26(24-21)16-17-7-2-1-3-8-17/h1-15,25H,16H2,(H,27,28). The van der Waals surface area contributed by atoms with Crippen LogP contribution in [-0.2, 0) is 16.6 Å². The molecule has 7 nitrogen and oxygen atoms in total. The number of aromatic carboxylic acids is 1. The second-order valence-electron chi connectivity index (χ2n) is 6.87. The van der Waals surface area contributed by atoms with Gasteiger partial charge in [-0.25, -0.2) is 13.2 Å². The van der Waals surface area contributed by atoms with Crippen molar-refractivity contribution in [3.05, 3.63) is 102 Å². The number of carboxylic acid groups (broad SMARTS) is 1. The fourth-order valence-electron chi connectivity index (χ4n) is 3.16. The van der Waals surface area contributed by atoms with Crippen LogP contribution in [0.5, 0.6) is 0 Å². The number of nitrogens with zero attached hydrogens (tertiary/aromatic N) is 2. The van der Waals surface area contributed by atoms with E-state index < -0.39 is 16.0 Å².